The summed E-state index contributed by atoms with van der Waals surface area (Å²) < 4.78 is 0. The molecule has 0 aliphatic heterocycles. The highest BCUT2D eigenvalue weighted by atomic mass is 32.1. The van der Waals surface area contributed by atoms with Gasteiger partial charge in [-0.2, -0.15) is 25.3 Å². The number of hydrogen-bond donors (Lipinski definition) is 4. The summed E-state index contributed by atoms with van der Waals surface area (Å²) in [4.78, 5) is 21.9. The minimum Gasteiger partial charge on any atom is -0.478 e. The number of thiol groups is 2. The lowest BCUT2D eigenvalue weighted by molar-refractivity contribution is -0.136. The Hall–Kier alpha value is -0.620. The topological polar surface area (TPSA) is 74.6 Å². The van der Waals surface area contributed by atoms with Crippen LogP contribution in [0.5, 0.6) is 0 Å². The van der Waals surface area contributed by atoms with Gasteiger partial charge in [0.25, 0.3) is 0 Å². The maximum absolute atomic E-state index is 10.9. The zero-order valence-electron chi connectivity index (χ0n) is 8.85. The monoisotopic (exact) mass is 264 g/mol. The molecule has 2 N–H and O–H groups in total. The second-order valence-electron chi connectivity index (χ2n) is 3.22. The van der Waals surface area contributed by atoms with Crippen LogP contribution in [0.15, 0.2) is 11.1 Å². The normalized spacial score (nSPS) is 12.1. The van der Waals surface area contributed by atoms with Gasteiger partial charge < -0.3 is 10.2 Å². The van der Waals surface area contributed by atoms with Crippen LogP contribution in [0.4, 0.5) is 0 Å². The molecule has 92 valence electrons. The highest BCUT2D eigenvalue weighted by Gasteiger charge is 2.18. The van der Waals surface area contributed by atoms with Crippen molar-refractivity contribution in [2.45, 2.75) is 25.7 Å². The van der Waals surface area contributed by atoms with Crippen molar-refractivity contribution in [3.63, 3.8) is 0 Å². The molecule has 6 heteroatoms. The minimum atomic E-state index is -1.15. The SMILES string of the molecule is O=C(O)C(CCCS)=C(CCCS)C(=O)O. The van der Waals surface area contributed by atoms with E-state index in [1.165, 1.54) is 0 Å². The molecule has 0 aromatic rings. The molecule has 16 heavy (non-hydrogen) atoms. The van der Waals surface area contributed by atoms with Gasteiger partial charge in [-0.25, -0.2) is 9.59 Å². The zero-order valence-corrected chi connectivity index (χ0v) is 10.6. The van der Waals surface area contributed by atoms with Crippen LogP contribution >= 0.6 is 25.3 Å². The van der Waals surface area contributed by atoms with E-state index in [4.69, 9.17) is 10.2 Å². The van der Waals surface area contributed by atoms with Gasteiger partial charge in [-0.05, 0) is 37.2 Å². The van der Waals surface area contributed by atoms with Gasteiger partial charge in [0.2, 0.25) is 0 Å². The molecule has 0 saturated carbocycles. The van der Waals surface area contributed by atoms with Crippen LogP contribution in [0, 0.1) is 0 Å². The maximum Gasteiger partial charge on any atom is 0.332 e. The van der Waals surface area contributed by atoms with E-state index in [0.29, 0.717) is 24.3 Å². The van der Waals surface area contributed by atoms with Crippen molar-refractivity contribution >= 4 is 37.2 Å². The molecule has 0 rings (SSSR count). The van der Waals surface area contributed by atoms with Gasteiger partial charge >= 0.3 is 11.9 Å². The summed E-state index contributed by atoms with van der Waals surface area (Å²) in [5.41, 5.74) is -0.0216. The third-order valence-electron chi connectivity index (χ3n) is 2.05. The summed E-state index contributed by atoms with van der Waals surface area (Å²) in [6, 6.07) is 0. The smallest absolute Gasteiger partial charge is 0.332 e. The Bertz CT molecular complexity index is 259. The van der Waals surface area contributed by atoms with Crippen LogP contribution in [-0.4, -0.2) is 33.7 Å². The van der Waals surface area contributed by atoms with Crippen LogP contribution in [0.1, 0.15) is 25.7 Å². The number of carboxylic acids is 2. The van der Waals surface area contributed by atoms with Gasteiger partial charge in [0.1, 0.15) is 0 Å². The molecule has 0 amide bonds. The summed E-state index contributed by atoms with van der Waals surface area (Å²) in [6.07, 6.45) is 1.60. The Labute approximate surface area is 106 Å². The molecule has 0 fully saturated rings. The number of rotatable bonds is 8. The maximum atomic E-state index is 10.9. The Morgan fingerprint density at radius 1 is 0.812 bits per heavy atom. The summed E-state index contributed by atoms with van der Waals surface area (Å²) in [6.45, 7) is 0. The fourth-order valence-corrected chi connectivity index (χ4v) is 1.60. The Morgan fingerprint density at radius 3 is 1.31 bits per heavy atom. The first kappa shape index (κ1) is 15.4. The molecule has 0 bridgehead atoms. The molecule has 0 spiro atoms. The average molecular weight is 264 g/mol. The minimum absolute atomic E-state index is 0.0108. The third kappa shape index (κ3) is 5.46. The van der Waals surface area contributed by atoms with Crippen LogP contribution in [0.25, 0.3) is 0 Å². The molecule has 0 aromatic carbocycles. The number of hydrogen-bond acceptors (Lipinski definition) is 4. The van der Waals surface area contributed by atoms with Gasteiger partial charge in [-0.15, -0.1) is 0 Å². The van der Waals surface area contributed by atoms with Gasteiger partial charge in [0, 0.05) is 11.1 Å². The lowest BCUT2D eigenvalue weighted by Crippen LogP contribution is -2.12. The van der Waals surface area contributed by atoms with Crippen LogP contribution in [-0.2, 0) is 9.59 Å². The molecule has 0 aliphatic carbocycles. The van der Waals surface area contributed by atoms with E-state index in [2.05, 4.69) is 25.3 Å². The predicted molar refractivity (Wildman–Crippen MR) is 68.5 cm³/mol. The van der Waals surface area contributed by atoms with Gasteiger partial charge in [-0.3, -0.25) is 0 Å². The van der Waals surface area contributed by atoms with Crippen molar-refractivity contribution < 1.29 is 19.8 Å². The molecule has 4 nitrogen and oxygen atoms in total. The van der Waals surface area contributed by atoms with Crippen molar-refractivity contribution in [2.75, 3.05) is 11.5 Å². The van der Waals surface area contributed by atoms with Crippen molar-refractivity contribution in [3.05, 3.63) is 11.1 Å². The Morgan fingerprint density at radius 2 is 1.12 bits per heavy atom. The standard InChI is InChI=1S/C10H16O4S2/c11-9(12)7(3-1-5-15)8(10(13)14)4-2-6-16/h15-16H,1-6H2,(H,11,12)(H,13,14). The fraction of sp³-hybridized carbons (Fsp3) is 0.600. The van der Waals surface area contributed by atoms with Crippen LogP contribution in [0.2, 0.25) is 0 Å². The zero-order chi connectivity index (χ0) is 12.6. The molecular weight excluding hydrogens is 248 g/mol. The van der Waals surface area contributed by atoms with E-state index in [9.17, 15) is 9.59 Å². The van der Waals surface area contributed by atoms with Crippen molar-refractivity contribution in [3.8, 4) is 0 Å². The molecule has 0 aliphatic rings. The number of carboxylic acid groups (broad SMARTS) is 2. The summed E-state index contributed by atoms with van der Waals surface area (Å²) in [5.74, 6) is -1.23. The van der Waals surface area contributed by atoms with Crippen LogP contribution in [0.3, 0.4) is 0 Å². The largest absolute Gasteiger partial charge is 0.478 e. The van der Waals surface area contributed by atoms with Crippen molar-refractivity contribution in [1.29, 1.82) is 0 Å². The fourth-order valence-electron chi connectivity index (χ4n) is 1.29. The molecule has 0 unspecified atom stereocenters. The summed E-state index contributed by atoms with van der Waals surface area (Å²) in [7, 11) is 0. The highest BCUT2D eigenvalue weighted by molar-refractivity contribution is 7.80. The summed E-state index contributed by atoms with van der Waals surface area (Å²) >= 11 is 7.96. The Kier molecular flexibility index (Phi) is 8.19. The molecule has 0 radical (unpaired) electrons. The molecule has 0 saturated heterocycles. The summed E-state index contributed by atoms with van der Waals surface area (Å²) in [5, 5.41) is 17.9. The highest BCUT2D eigenvalue weighted by Crippen LogP contribution is 2.17. The average Bonchev–Trinajstić information content (AvgIpc) is 2.21. The van der Waals surface area contributed by atoms with Gasteiger partial charge in [0.05, 0.1) is 0 Å². The van der Waals surface area contributed by atoms with E-state index < -0.39 is 11.9 Å². The second kappa shape index (κ2) is 8.52. The van der Waals surface area contributed by atoms with E-state index in [1.54, 1.807) is 0 Å². The first-order chi connectivity index (χ1) is 7.54. The first-order valence-corrected chi connectivity index (χ1v) is 6.21. The van der Waals surface area contributed by atoms with E-state index in [0.717, 1.165) is 0 Å². The molecule has 0 heterocycles. The lowest BCUT2D eigenvalue weighted by Gasteiger charge is -2.07. The Balaban J connectivity index is 4.94. The first-order valence-electron chi connectivity index (χ1n) is 4.95. The number of aliphatic carboxylic acids is 2. The van der Waals surface area contributed by atoms with Crippen molar-refractivity contribution in [2.24, 2.45) is 0 Å². The second-order valence-corrected chi connectivity index (χ2v) is 4.12. The number of carbonyl (C=O) groups is 2. The van der Waals surface area contributed by atoms with Gasteiger partial charge in [-0.1, -0.05) is 0 Å². The van der Waals surface area contributed by atoms with E-state index >= 15 is 0 Å². The molecule has 0 aromatic heterocycles. The third-order valence-corrected chi connectivity index (χ3v) is 2.68. The molecule has 0 atom stereocenters. The quantitative estimate of drug-likeness (QED) is 0.399. The van der Waals surface area contributed by atoms with Crippen LogP contribution < -0.4 is 0 Å². The molecular formula is C10H16O4S2. The van der Waals surface area contributed by atoms with Gasteiger partial charge in [0.15, 0.2) is 0 Å². The van der Waals surface area contributed by atoms with Crippen molar-refractivity contribution in [1.82, 2.24) is 0 Å². The predicted octanol–water partition coefficient (Wildman–Crippen LogP) is 1.87. The van der Waals surface area contributed by atoms with E-state index in [-0.39, 0.29) is 24.0 Å². The van der Waals surface area contributed by atoms with E-state index in [1.807, 2.05) is 0 Å². The lowest BCUT2D eigenvalue weighted by atomic mass is 10.00.